The van der Waals surface area contributed by atoms with Crippen molar-refractivity contribution in [3.8, 4) is 22.8 Å². The normalized spacial score (nSPS) is 10.9. The highest BCUT2D eigenvalue weighted by atomic mass is 35.5. The number of hydrogen-bond donors (Lipinski definition) is 0. The third-order valence-corrected chi connectivity index (χ3v) is 6.16. The smallest absolute Gasteiger partial charge is 0.337 e. The molecule has 4 aromatic rings. The number of esters is 1. The predicted octanol–water partition coefficient (Wildman–Crippen LogP) is 7.72. The van der Waals surface area contributed by atoms with E-state index in [-0.39, 0.29) is 18.5 Å². The highest BCUT2D eigenvalue weighted by Crippen LogP contribution is 2.38. The quantitative estimate of drug-likeness (QED) is 0.208. The fraction of sp³-hybridized carbons (Fsp3) is 0.214. The van der Waals surface area contributed by atoms with E-state index >= 15 is 0 Å². The summed E-state index contributed by atoms with van der Waals surface area (Å²) in [4.78, 5) is 11.5. The summed E-state index contributed by atoms with van der Waals surface area (Å²) < 4.78 is 22.2. The Balaban J connectivity index is 1.43. The largest absolute Gasteiger partial charge is 0.489 e. The van der Waals surface area contributed by atoms with E-state index in [1.807, 2.05) is 38.1 Å². The predicted molar refractivity (Wildman–Crippen MR) is 139 cm³/mol. The molecule has 0 N–H and O–H groups in total. The SMILES string of the molecule is COC(=O)c1ccc(OCc2ccc(OCc3c(-c4c(Cl)cccc4Cl)noc3C(C)C)cc2)cc1. The maximum Gasteiger partial charge on any atom is 0.337 e. The zero-order chi connectivity index (χ0) is 25.7. The first kappa shape index (κ1) is 25.6. The van der Waals surface area contributed by atoms with Crippen LogP contribution < -0.4 is 9.47 Å². The van der Waals surface area contributed by atoms with Gasteiger partial charge in [0.25, 0.3) is 0 Å². The van der Waals surface area contributed by atoms with Gasteiger partial charge in [0.2, 0.25) is 0 Å². The highest BCUT2D eigenvalue weighted by molar-refractivity contribution is 6.39. The molecule has 0 bridgehead atoms. The van der Waals surface area contributed by atoms with Crippen LogP contribution in [0.15, 0.2) is 71.3 Å². The van der Waals surface area contributed by atoms with Crippen LogP contribution in [0.5, 0.6) is 11.5 Å². The molecule has 0 saturated heterocycles. The van der Waals surface area contributed by atoms with Crippen LogP contribution in [0.4, 0.5) is 0 Å². The first-order valence-electron chi connectivity index (χ1n) is 11.3. The van der Waals surface area contributed by atoms with E-state index in [2.05, 4.69) is 5.16 Å². The highest BCUT2D eigenvalue weighted by Gasteiger charge is 2.23. The van der Waals surface area contributed by atoms with Crippen LogP contribution in [-0.4, -0.2) is 18.2 Å². The zero-order valence-corrected chi connectivity index (χ0v) is 21.6. The second kappa shape index (κ2) is 11.5. The van der Waals surface area contributed by atoms with Crippen LogP contribution >= 0.6 is 23.2 Å². The van der Waals surface area contributed by atoms with E-state index < -0.39 is 0 Å². The second-order valence-corrected chi connectivity index (χ2v) is 9.18. The number of hydrogen-bond acceptors (Lipinski definition) is 6. The molecule has 0 radical (unpaired) electrons. The molecular weight excluding hydrogens is 501 g/mol. The Morgan fingerprint density at radius 1 is 0.889 bits per heavy atom. The molecule has 0 saturated carbocycles. The fourth-order valence-electron chi connectivity index (χ4n) is 3.64. The maximum atomic E-state index is 11.5. The van der Waals surface area contributed by atoms with Gasteiger partial charge in [-0.25, -0.2) is 4.79 Å². The van der Waals surface area contributed by atoms with E-state index in [9.17, 15) is 4.79 Å². The Morgan fingerprint density at radius 2 is 1.47 bits per heavy atom. The van der Waals surface area contributed by atoms with Crippen molar-refractivity contribution in [1.82, 2.24) is 5.16 Å². The molecular formula is C28H25Cl2NO5. The van der Waals surface area contributed by atoms with E-state index in [1.165, 1.54) is 7.11 Å². The van der Waals surface area contributed by atoms with Gasteiger partial charge in [-0.15, -0.1) is 0 Å². The number of carbonyl (C=O) groups is 1. The van der Waals surface area contributed by atoms with Gasteiger partial charge >= 0.3 is 5.97 Å². The monoisotopic (exact) mass is 525 g/mol. The molecule has 0 aliphatic heterocycles. The van der Waals surface area contributed by atoms with Gasteiger partial charge < -0.3 is 18.7 Å². The van der Waals surface area contributed by atoms with Crippen LogP contribution in [0.3, 0.4) is 0 Å². The third-order valence-electron chi connectivity index (χ3n) is 5.53. The lowest BCUT2D eigenvalue weighted by molar-refractivity contribution is 0.0600. The lowest BCUT2D eigenvalue weighted by Crippen LogP contribution is -2.02. The summed E-state index contributed by atoms with van der Waals surface area (Å²) in [5.41, 5.74) is 3.46. The number of benzene rings is 3. The molecule has 186 valence electrons. The molecule has 0 atom stereocenters. The maximum absolute atomic E-state index is 11.5. The molecule has 0 spiro atoms. The Labute approximate surface area is 219 Å². The molecule has 8 heteroatoms. The van der Waals surface area contributed by atoms with Gasteiger partial charge in [0.1, 0.15) is 36.2 Å². The number of aromatic nitrogens is 1. The average Bonchev–Trinajstić information content (AvgIpc) is 3.30. The van der Waals surface area contributed by atoms with Crippen molar-refractivity contribution in [2.24, 2.45) is 0 Å². The zero-order valence-electron chi connectivity index (χ0n) is 20.1. The molecule has 4 rings (SSSR count). The van der Waals surface area contributed by atoms with Crippen molar-refractivity contribution < 1.29 is 23.5 Å². The van der Waals surface area contributed by atoms with Crippen molar-refractivity contribution in [3.05, 3.63) is 99.2 Å². The number of methoxy groups -OCH3 is 1. The summed E-state index contributed by atoms with van der Waals surface area (Å²) in [6, 6.07) is 19.7. The molecule has 3 aromatic carbocycles. The van der Waals surface area contributed by atoms with Crippen LogP contribution in [0.2, 0.25) is 10.0 Å². The first-order valence-corrected chi connectivity index (χ1v) is 12.1. The van der Waals surface area contributed by atoms with Gasteiger partial charge in [0.15, 0.2) is 0 Å². The standard InChI is InChI=1S/C28H25Cl2NO5/c1-17(2)27-22(26(31-36-27)25-23(29)5-4-6-24(25)30)16-35-20-11-7-18(8-12-20)15-34-21-13-9-19(10-14-21)28(32)33-3/h4-14,17H,15-16H2,1-3H3. The van der Waals surface area contributed by atoms with Gasteiger partial charge in [-0.05, 0) is 54.1 Å². The Kier molecular flexibility index (Phi) is 8.18. The second-order valence-electron chi connectivity index (χ2n) is 8.36. The first-order chi connectivity index (χ1) is 17.4. The molecule has 0 aliphatic carbocycles. The molecule has 1 aromatic heterocycles. The lowest BCUT2D eigenvalue weighted by Gasteiger charge is -2.11. The van der Waals surface area contributed by atoms with Crippen LogP contribution in [0.1, 0.15) is 47.0 Å². The van der Waals surface area contributed by atoms with E-state index in [0.717, 1.165) is 16.9 Å². The molecule has 6 nitrogen and oxygen atoms in total. The molecule has 0 fully saturated rings. The topological polar surface area (TPSA) is 70.8 Å². The van der Waals surface area contributed by atoms with Crippen molar-refractivity contribution in [1.29, 1.82) is 0 Å². The number of rotatable bonds is 9. The van der Waals surface area contributed by atoms with Gasteiger partial charge in [-0.1, -0.05) is 60.4 Å². The Bertz CT molecular complexity index is 1310. The van der Waals surface area contributed by atoms with Crippen molar-refractivity contribution in [2.75, 3.05) is 7.11 Å². The summed E-state index contributed by atoms with van der Waals surface area (Å²) in [6.07, 6.45) is 0. The Morgan fingerprint density at radius 3 is 2.06 bits per heavy atom. The van der Waals surface area contributed by atoms with Crippen LogP contribution in [0.25, 0.3) is 11.3 Å². The summed E-state index contributed by atoms with van der Waals surface area (Å²) in [5, 5.41) is 5.26. The van der Waals surface area contributed by atoms with E-state index in [0.29, 0.717) is 45.0 Å². The fourth-order valence-corrected chi connectivity index (χ4v) is 4.22. The van der Waals surface area contributed by atoms with Gasteiger partial charge in [-0.2, -0.15) is 0 Å². The Hall–Kier alpha value is -3.48. The minimum Gasteiger partial charge on any atom is -0.489 e. The minimum atomic E-state index is -0.383. The minimum absolute atomic E-state index is 0.104. The summed E-state index contributed by atoms with van der Waals surface area (Å²) in [7, 11) is 1.35. The van der Waals surface area contributed by atoms with Gasteiger partial charge in [-0.3, -0.25) is 0 Å². The molecule has 0 unspecified atom stereocenters. The molecule has 36 heavy (non-hydrogen) atoms. The lowest BCUT2D eigenvalue weighted by atomic mass is 10.0. The van der Waals surface area contributed by atoms with Gasteiger partial charge in [0, 0.05) is 11.5 Å². The van der Waals surface area contributed by atoms with Crippen molar-refractivity contribution in [3.63, 3.8) is 0 Å². The molecule has 0 aliphatic rings. The summed E-state index contributed by atoms with van der Waals surface area (Å²) in [6.45, 7) is 4.67. The van der Waals surface area contributed by atoms with Crippen LogP contribution in [0, 0.1) is 0 Å². The average molecular weight is 526 g/mol. The van der Waals surface area contributed by atoms with Crippen molar-refractivity contribution in [2.45, 2.75) is 33.0 Å². The van der Waals surface area contributed by atoms with Crippen molar-refractivity contribution >= 4 is 29.2 Å². The number of carbonyl (C=O) groups excluding carboxylic acids is 1. The third kappa shape index (κ3) is 5.83. The molecule has 0 amide bonds. The van der Waals surface area contributed by atoms with Crippen LogP contribution in [-0.2, 0) is 18.0 Å². The number of ether oxygens (including phenoxy) is 3. The summed E-state index contributed by atoms with van der Waals surface area (Å²) >= 11 is 12.8. The number of halogens is 2. The van der Waals surface area contributed by atoms with Gasteiger partial charge in [0.05, 0.1) is 28.3 Å². The van der Waals surface area contributed by atoms with E-state index in [4.69, 9.17) is 41.9 Å². The summed E-state index contributed by atoms with van der Waals surface area (Å²) in [5.74, 6) is 1.79. The number of nitrogens with zero attached hydrogens (tertiary/aromatic N) is 1. The van der Waals surface area contributed by atoms with E-state index in [1.54, 1.807) is 42.5 Å². The molecule has 1 heterocycles.